The summed E-state index contributed by atoms with van der Waals surface area (Å²) in [4.78, 5) is 86.1. The van der Waals surface area contributed by atoms with Crippen LogP contribution in [0, 0.1) is 19.7 Å². The number of hydrogen-bond acceptors (Lipinski definition) is 11. The molecule has 440 valence electrons. The maximum Gasteiger partial charge on any atom is 0.407 e. The van der Waals surface area contributed by atoms with Gasteiger partial charge < -0.3 is 45.5 Å². The zero-order valence-corrected chi connectivity index (χ0v) is 47.9. The van der Waals surface area contributed by atoms with Gasteiger partial charge in [0.05, 0.1) is 40.6 Å². The molecule has 2 aliphatic heterocycles. The number of cyclic esters (lactones) is 1. The van der Waals surface area contributed by atoms with Crippen LogP contribution in [0.15, 0.2) is 156 Å². The molecule has 7 N–H and O–H groups in total. The summed E-state index contributed by atoms with van der Waals surface area (Å²) in [5.41, 5.74) is 6.67. The normalized spacial score (nSPS) is 16.4. The lowest BCUT2D eigenvalue weighted by atomic mass is 9.76. The fourth-order valence-electron chi connectivity index (χ4n) is 12.4. The molecule has 86 heavy (non-hydrogen) atoms. The van der Waals surface area contributed by atoms with E-state index in [1.165, 1.54) is 10.6 Å². The Bertz CT molecular complexity index is 3920. The van der Waals surface area contributed by atoms with Crippen LogP contribution in [0.4, 0.5) is 19.7 Å². The van der Waals surface area contributed by atoms with Gasteiger partial charge >= 0.3 is 18.2 Å². The van der Waals surface area contributed by atoms with Crippen LogP contribution in [0.5, 0.6) is 0 Å². The predicted molar refractivity (Wildman–Crippen MR) is 321 cm³/mol. The average Bonchev–Trinajstić information content (AvgIpc) is 1.98. The van der Waals surface area contributed by atoms with Gasteiger partial charge in [0.15, 0.2) is 5.60 Å². The molecule has 11 rings (SSSR count). The molecule has 0 radical (unpaired) electrons. The number of alkyl carbamates (subject to hydrolysis) is 1. The number of nitrogens with zero attached hydrogens (tertiary/aromatic N) is 2. The molecule has 0 spiro atoms. The number of ether oxygens (including phenoxy) is 2. The third-order valence-corrected chi connectivity index (χ3v) is 17.0. The van der Waals surface area contributed by atoms with Crippen LogP contribution in [0.3, 0.4) is 0 Å². The number of aliphatic hydroxyl groups is 1. The molecule has 3 aliphatic rings. The van der Waals surface area contributed by atoms with Crippen molar-refractivity contribution in [2.75, 3.05) is 11.9 Å². The summed E-state index contributed by atoms with van der Waals surface area (Å²) >= 11 is 0. The van der Waals surface area contributed by atoms with Crippen LogP contribution < -0.4 is 32.1 Å². The van der Waals surface area contributed by atoms with Crippen molar-refractivity contribution in [2.45, 2.75) is 115 Å². The Morgan fingerprint density at radius 2 is 1.45 bits per heavy atom. The third-order valence-electron chi connectivity index (χ3n) is 17.0. The van der Waals surface area contributed by atoms with Crippen molar-refractivity contribution < 1.29 is 48.0 Å². The molecule has 1 aliphatic carbocycles. The van der Waals surface area contributed by atoms with Crippen LogP contribution in [-0.4, -0.2) is 68.4 Å². The predicted octanol–water partition coefficient (Wildman–Crippen LogP) is 9.80. The number of carboxylic acid groups (broad SMARTS) is 1. The number of amides is 4. The maximum atomic E-state index is 15.5. The van der Waals surface area contributed by atoms with Crippen molar-refractivity contribution in [1.29, 1.82) is 0 Å². The van der Waals surface area contributed by atoms with Crippen molar-refractivity contribution in [3.8, 4) is 11.4 Å². The molecule has 0 bridgehead atoms. The number of aryl methyl sites for hydroxylation is 2. The molecule has 0 saturated carbocycles. The molecule has 18 heteroatoms. The highest BCUT2D eigenvalue weighted by Crippen LogP contribution is 2.46. The number of halogens is 1. The van der Waals surface area contributed by atoms with E-state index in [-0.39, 0.29) is 50.1 Å². The van der Waals surface area contributed by atoms with Gasteiger partial charge in [-0.15, -0.1) is 0 Å². The molecule has 0 fully saturated rings. The molecule has 0 saturated heterocycles. The highest BCUT2D eigenvalue weighted by Gasteiger charge is 2.46. The van der Waals surface area contributed by atoms with Gasteiger partial charge in [0.25, 0.3) is 5.56 Å². The molecule has 4 amide bonds. The maximum absolute atomic E-state index is 15.5. The van der Waals surface area contributed by atoms with Crippen molar-refractivity contribution in [3.63, 3.8) is 0 Å². The van der Waals surface area contributed by atoms with Gasteiger partial charge in [-0.2, -0.15) is 0 Å². The van der Waals surface area contributed by atoms with E-state index < -0.39 is 70.6 Å². The van der Waals surface area contributed by atoms with Gasteiger partial charge in [0.1, 0.15) is 31.1 Å². The largest absolute Gasteiger partial charge is 0.465 e. The number of rotatable bonds is 20. The number of carbonyl (C=O) groups excluding carboxylic acids is 4. The summed E-state index contributed by atoms with van der Waals surface area (Å²) in [7, 11) is 0. The van der Waals surface area contributed by atoms with E-state index in [4.69, 9.17) is 14.5 Å². The Balaban J connectivity index is 0.785. The van der Waals surface area contributed by atoms with Crippen LogP contribution >= 0.6 is 0 Å². The average molecular weight is 1160 g/mol. The first-order valence-electron chi connectivity index (χ1n) is 29.0. The van der Waals surface area contributed by atoms with Crippen molar-refractivity contribution >= 4 is 46.6 Å². The van der Waals surface area contributed by atoms with Gasteiger partial charge in [-0.1, -0.05) is 140 Å². The van der Waals surface area contributed by atoms with E-state index in [9.17, 15) is 39.0 Å². The number of aromatic nitrogens is 2. The van der Waals surface area contributed by atoms with E-state index in [1.807, 2.05) is 42.5 Å². The zero-order chi connectivity index (χ0) is 60.3. The van der Waals surface area contributed by atoms with Crippen molar-refractivity contribution in [3.05, 3.63) is 235 Å². The monoisotopic (exact) mass is 1160 g/mol. The fourth-order valence-corrected chi connectivity index (χ4v) is 12.4. The minimum absolute atomic E-state index is 0.0364. The number of carbonyl (C=O) groups is 5. The lowest BCUT2D eigenvalue weighted by molar-refractivity contribution is -0.172. The van der Waals surface area contributed by atoms with Gasteiger partial charge in [-0.25, -0.2) is 23.8 Å². The molecule has 8 aromatic rings. The van der Waals surface area contributed by atoms with Gasteiger partial charge in [-0.05, 0) is 122 Å². The molecule has 17 nitrogen and oxygen atoms in total. The minimum atomic E-state index is -2.04. The second-order valence-corrected chi connectivity index (χ2v) is 22.3. The Hall–Kier alpha value is -9.52. The second-order valence-electron chi connectivity index (χ2n) is 22.3. The van der Waals surface area contributed by atoms with E-state index in [1.54, 1.807) is 68.4 Å². The number of anilines is 1. The van der Waals surface area contributed by atoms with Crippen LogP contribution in [0.1, 0.15) is 112 Å². The molecule has 4 atom stereocenters. The third kappa shape index (κ3) is 11.4. The fraction of sp³-hybridized carbons (Fsp3) is 0.279. The smallest absolute Gasteiger partial charge is 0.407 e. The number of pyridine rings is 2. The van der Waals surface area contributed by atoms with Crippen LogP contribution in [-0.2, 0) is 67.6 Å². The quantitative estimate of drug-likeness (QED) is 0.0214. The van der Waals surface area contributed by atoms with Crippen LogP contribution in [0.2, 0.25) is 0 Å². The number of nitrogens with one attached hydrogen (secondary N) is 5. The lowest BCUT2D eigenvalue weighted by Crippen LogP contribution is -2.53. The Labute approximate surface area is 496 Å². The Morgan fingerprint density at radius 3 is 2.12 bits per heavy atom. The van der Waals surface area contributed by atoms with E-state index in [0.29, 0.717) is 82.5 Å². The molecule has 2 aromatic heterocycles. The van der Waals surface area contributed by atoms with Crippen LogP contribution in [0.25, 0.3) is 22.3 Å². The molecular weight excluding hydrogens is 1090 g/mol. The first-order chi connectivity index (χ1) is 41.6. The van der Waals surface area contributed by atoms with E-state index >= 15 is 4.39 Å². The van der Waals surface area contributed by atoms with Gasteiger partial charge in [-0.3, -0.25) is 19.7 Å². The number of esters is 1. The number of unbranched alkanes of at least 4 members (excludes halogenated alkanes) is 1. The molecule has 4 heterocycles. The Kier molecular flexibility index (Phi) is 16.7. The summed E-state index contributed by atoms with van der Waals surface area (Å²) in [6.07, 6.45) is -0.00527. The highest BCUT2D eigenvalue weighted by atomic mass is 19.1. The molecule has 6 aromatic carbocycles. The van der Waals surface area contributed by atoms with E-state index in [0.717, 1.165) is 33.4 Å². The van der Waals surface area contributed by atoms with Gasteiger partial charge in [0.2, 0.25) is 11.8 Å². The topological polar surface area (TPSA) is 239 Å². The van der Waals surface area contributed by atoms with Gasteiger partial charge in [0, 0.05) is 34.7 Å². The lowest BCUT2D eigenvalue weighted by Gasteiger charge is -2.37. The number of fused-ring (bicyclic) bond motifs is 5. The number of benzene rings is 6. The summed E-state index contributed by atoms with van der Waals surface area (Å²) in [6.45, 7) is 5.51. The standard InChI is InChI=1S/C68H66FN7O10/c1-4-67(84)51-35-57-60-49(37-76(57)63(79)50(51)39-85-64(67)80)59-53(32-31-48-41(3)52(69)36-55(72-60)58(48)59)75-66(83)86-38-43-25-29-47(30-26-43)71-61(77)54(73-62(78)56(74-65(81)82)34-42-16-8-5-9-17-42)22-14-15-33-70-68(44-18-10-6-11-19-44,45-20-12-7-13-21-45)46-27-23-40(2)24-28-46/h5-13,16-21,23-30,35-36,53-54,56,70,74,84H,4,14-15,22,31-34,37-39H2,1-3H3,(H,71,77)(H,73,78)(H,75,83)(H,81,82)/t53-,54-,56-,67-/m0/s1. The second kappa shape index (κ2) is 24.6. The van der Waals surface area contributed by atoms with Crippen molar-refractivity contribution in [1.82, 2.24) is 30.8 Å². The highest BCUT2D eigenvalue weighted by molar-refractivity contribution is 5.98. The molecule has 0 unspecified atom stereocenters. The summed E-state index contributed by atoms with van der Waals surface area (Å²) in [5.74, 6) is -2.48. The first-order valence-corrected chi connectivity index (χ1v) is 29.0. The van der Waals surface area contributed by atoms with E-state index in [2.05, 4.69) is 82.0 Å². The zero-order valence-electron chi connectivity index (χ0n) is 47.9. The summed E-state index contributed by atoms with van der Waals surface area (Å²) < 4.78 is 28.1. The van der Waals surface area contributed by atoms with Crippen molar-refractivity contribution in [2.24, 2.45) is 0 Å². The molecular formula is C68H66FN7O10. The summed E-state index contributed by atoms with van der Waals surface area (Å²) in [6, 6.07) is 44.6. The first kappa shape index (κ1) is 58.3. The summed E-state index contributed by atoms with van der Waals surface area (Å²) in [5, 5.41) is 37.0. The Morgan fingerprint density at radius 1 is 0.791 bits per heavy atom. The SMILES string of the molecule is CC[C@@]1(O)C(=O)OCc2c1cc1n(c2=O)Cc2c-1nc1cc(F)c(C)c3c1c2[C@@H](NC(=O)OCc1ccc(NC(=O)[C@H](CCCCNC(c2ccccc2)(c2ccccc2)c2ccc(C)cc2)NC(=O)[C@H](Cc2ccccc2)NC(=O)O)cc1)CC3. The minimum Gasteiger partial charge on any atom is -0.465 e. The number of hydrogen-bond donors (Lipinski definition) is 7.